The molecule has 1 saturated heterocycles. The summed E-state index contributed by atoms with van der Waals surface area (Å²) in [6, 6.07) is 6.95. The number of piperidine rings is 1. The number of benzene rings is 1. The number of hydrogen-bond donors (Lipinski definition) is 1. The third kappa shape index (κ3) is 2.38. The van der Waals surface area contributed by atoms with E-state index in [0.29, 0.717) is 43.5 Å². The van der Waals surface area contributed by atoms with E-state index in [1.807, 2.05) is 6.92 Å². The van der Waals surface area contributed by atoms with Gasteiger partial charge in [-0.1, -0.05) is 18.2 Å². The Morgan fingerprint density at radius 2 is 1.79 bits per heavy atom. The van der Waals surface area contributed by atoms with Gasteiger partial charge in [0, 0.05) is 37.6 Å². The number of methoxy groups -OCH3 is 1. The van der Waals surface area contributed by atoms with E-state index in [1.165, 1.54) is 6.92 Å². The number of aliphatic hydroxyl groups excluding tert-OH is 1. The van der Waals surface area contributed by atoms with Crippen LogP contribution in [0.1, 0.15) is 53.8 Å². The van der Waals surface area contributed by atoms with Gasteiger partial charge in [-0.05, 0) is 32.8 Å². The van der Waals surface area contributed by atoms with Crippen molar-refractivity contribution in [3.8, 4) is 0 Å². The SMILES string of the molecule is CO[C@@]1(C)C[C@@H](O)C12CCN(C(=O)c1ccccc1C(C)=O)CC2. The zero-order chi connectivity index (χ0) is 17.5. The van der Waals surface area contributed by atoms with Crippen molar-refractivity contribution in [3.63, 3.8) is 0 Å². The molecule has 2 fully saturated rings. The van der Waals surface area contributed by atoms with Gasteiger partial charge in [0.15, 0.2) is 5.78 Å². The van der Waals surface area contributed by atoms with Gasteiger partial charge in [0.05, 0.1) is 17.3 Å². The molecule has 0 bridgehead atoms. The highest BCUT2D eigenvalue weighted by molar-refractivity contribution is 6.07. The molecule has 1 aliphatic carbocycles. The second-order valence-electron chi connectivity index (χ2n) is 7.21. The van der Waals surface area contributed by atoms with Crippen LogP contribution in [0.3, 0.4) is 0 Å². The highest BCUT2D eigenvalue weighted by Gasteiger charge is 2.63. The van der Waals surface area contributed by atoms with Crippen LogP contribution < -0.4 is 0 Å². The van der Waals surface area contributed by atoms with Crippen molar-refractivity contribution in [1.29, 1.82) is 0 Å². The van der Waals surface area contributed by atoms with Gasteiger partial charge in [-0.15, -0.1) is 0 Å². The van der Waals surface area contributed by atoms with Crippen molar-refractivity contribution in [3.05, 3.63) is 35.4 Å². The average Bonchev–Trinajstić information content (AvgIpc) is 2.61. The van der Waals surface area contributed by atoms with Crippen molar-refractivity contribution < 1.29 is 19.4 Å². The number of aliphatic hydroxyl groups is 1. The molecule has 1 saturated carbocycles. The molecule has 130 valence electrons. The molecule has 0 unspecified atom stereocenters. The predicted octanol–water partition coefficient (Wildman–Crippen LogP) is 2.28. The Morgan fingerprint density at radius 1 is 1.21 bits per heavy atom. The topological polar surface area (TPSA) is 66.8 Å². The minimum Gasteiger partial charge on any atom is -0.392 e. The fraction of sp³-hybridized carbons (Fsp3) is 0.579. The molecule has 1 aromatic carbocycles. The molecule has 1 spiro atoms. The number of amides is 1. The van der Waals surface area contributed by atoms with E-state index in [2.05, 4.69) is 0 Å². The van der Waals surface area contributed by atoms with Crippen molar-refractivity contribution in [2.45, 2.75) is 44.8 Å². The standard InChI is InChI=1S/C19H25NO4/c1-13(21)14-6-4-5-7-15(14)17(23)20-10-8-19(9-11-20)16(22)12-18(19,2)24-3/h4-7,16,22H,8-12H2,1-3H3/t16-,18+/m1/s1. The van der Waals surface area contributed by atoms with Gasteiger partial charge >= 0.3 is 0 Å². The van der Waals surface area contributed by atoms with Gasteiger partial charge in [-0.3, -0.25) is 9.59 Å². The highest BCUT2D eigenvalue weighted by Crippen LogP contribution is 2.58. The average molecular weight is 331 g/mol. The number of carbonyl (C=O) groups is 2. The van der Waals surface area contributed by atoms with Gasteiger partial charge < -0.3 is 14.7 Å². The third-order valence-electron chi connectivity index (χ3n) is 6.20. The number of Topliss-reactive ketones (excluding diaryl/α,β-unsaturated/α-hetero) is 1. The lowest BCUT2D eigenvalue weighted by Crippen LogP contribution is -2.69. The van der Waals surface area contributed by atoms with E-state index in [4.69, 9.17) is 4.74 Å². The summed E-state index contributed by atoms with van der Waals surface area (Å²) >= 11 is 0. The molecule has 1 aliphatic heterocycles. The molecule has 5 nitrogen and oxygen atoms in total. The fourth-order valence-electron chi connectivity index (χ4n) is 4.39. The van der Waals surface area contributed by atoms with Crippen LogP contribution >= 0.6 is 0 Å². The molecule has 0 radical (unpaired) electrons. The number of likely N-dealkylation sites (tertiary alicyclic amines) is 1. The smallest absolute Gasteiger partial charge is 0.254 e. The van der Waals surface area contributed by atoms with Crippen molar-refractivity contribution in [2.24, 2.45) is 5.41 Å². The first kappa shape index (κ1) is 17.1. The number of ether oxygens (including phenoxy) is 1. The summed E-state index contributed by atoms with van der Waals surface area (Å²) in [6.07, 6.45) is 1.70. The quantitative estimate of drug-likeness (QED) is 0.863. The monoisotopic (exact) mass is 331 g/mol. The Balaban J connectivity index is 1.76. The van der Waals surface area contributed by atoms with Crippen LogP contribution in [0.25, 0.3) is 0 Å². The van der Waals surface area contributed by atoms with Crippen LogP contribution in [0, 0.1) is 5.41 Å². The van der Waals surface area contributed by atoms with Crippen LogP contribution in [0.15, 0.2) is 24.3 Å². The van der Waals surface area contributed by atoms with Crippen molar-refractivity contribution in [1.82, 2.24) is 4.90 Å². The summed E-state index contributed by atoms with van der Waals surface area (Å²) in [5, 5.41) is 10.3. The lowest BCUT2D eigenvalue weighted by atomic mass is 9.51. The number of rotatable bonds is 3. The molecule has 1 aromatic rings. The van der Waals surface area contributed by atoms with Gasteiger partial charge in [0.25, 0.3) is 5.91 Å². The van der Waals surface area contributed by atoms with Gasteiger partial charge in [-0.25, -0.2) is 0 Å². The van der Waals surface area contributed by atoms with E-state index in [1.54, 1.807) is 36.3 Å². The molecule has 1 amide bonds. The molecule has 24 heavy (non-hydrogen) atoms. The molecule has 2 aliphatic rings. The summed E-state index contributed by atoms with van der Waals surface area (Å²) in [7, 11) is 1.69. The van der Waals surface area contributed by atoms with Crippen LogP contribution in [-0.2, 0) is 4.74 Å². The summed E-state index contributed by atoms with van der Waals surface area (Å²) in [5.74, 6) is -0.211. The summed E-state index contributed by atoms with van der Waals surface area (Å²) in [6.45, 7) is 4.66. The lowest BCUT2D eigenvalue weighted by molar-refractivity contribution is -0.259. The van der Waals surface area contributed by atoms with Crippen LogP contribution in [0.4, 0.5) is 0 Å². The van der Waals surface area contributed by atoms with Gasteiger partial charge in [-0.2, -0.15) is 0 Å². The Bertz CT molecular complexity index is 663. The Hall–Kier alpha value is -1.72. The molecule has 0 aromatic heterocycles. The van der Waals surface area contributed by atoms with E-state index in [-0.39, 0.29) is 28.8 Å². The zero-order valence-electron chi connectivity index (χ0n) is 14.5. The summed E-state index contributed by atoms with van der Waals surface area (Å²) < 4.78 is 5.66. The van der Waals surface area contributed by atoms with Crippen LogP contribution in [0.5, 0.6) is 0 Å². The Kier molecular flexibility index (Phi) is 4.26. The normalized spacial score (nSPS) is 28.5. The van der Waals surface area contributed by atoms with Crippen LogP contribution in [0.2, 0.25) is 0 Å². The third-order valence-corrected chi connectivity index (χ3v) is 6.20. The number of nitrogens with zero attached hydrogens (tertiary/aromatic N) is 1. The van der Waals surface area contributed by atoms with Crippen LogP contribution in [-0.4, -0.2) is 53.6 Å². The van der Waals surface area contributed by atoms with Gasteiger partial charge in [0.2, 0.25) is 0 Å². The Morgan fingerprint density at radius 3 is 2.29 bits per heavy atom. The molecular weight excluding hydrogens is 306 g/mol. The molecular formula is C19H25NO4. The first-order chi connectivity index (χ1) is 11.3. The maximum absolute atomic E-state index is 12.8. The molecule has 2 atom stereocenters. The number of ketones is 1. The van der Waals surface area contributed by atoms with E-state index in [0.717, 1.165) is 0 Å². The predicted molar refractivity (Wildman–Crippen MR) is 90.1 cm³/mol. The maximum atomic E-state index is 12.8. The largest absolute Gasteiger partial charge is 0.392 e. The Labute approximate surface area is 142 Å². The van der Waals surface area contributed by atoms with E-state index in [9.17, 15) is 14.7 Å². The van der Waals surface area contributed by atoms with E-state index >= 15 is 0 Å². The second kappa shape index (κ2) is 5.97. The lowest BCUT2D eigenvalue weighted by Gasteiger charge is -2.62. The second-order valence-corrected chi connectivity index (χ2v) is 7.21. The van der Waals surface area contributed by atoms with Gasteiger partial charge in [0.1, 0.15) is 0 Å². The number of hydrogen-bond acceptors (Lipinski definition) is 4. The highest BCUT2D eigenvalue weighted by atomic mass is 16.5. The zero-order valence-corrected chi connectivity index (χ0v) is 14.5. The molecule has 5 heteroatoms. The van der Waals surface area contributed by atoms with Crippen molar-refractivity contribution >= 4 is 11.7 Å². The summed E-state index contributed by atoms with van der Waals surface area (Å²) in [5.41, 5.74) is 0.343. The molecule has 1 heterocycles. The minimum atomic E-state index is -0.371. The molecule has 3 rings (SSSR count). The first-order valence-electron chi connectivity index (χ1n) is 8.47. The minimum absolute atomic E-state index is 0.103. The number of carbonyl (C=O) groups excluding carboxylic acids is 2. The fourth-order valence-corrected chi connectivity index (χ4v) is 4.39. The van der Waals surface area contributed by atoms with E-state index < -0.39 is 0 Å². The molecule has 1 N–H and O–H groups in total. The summed E-state index contributed by atoms with van der Waals surface area (Å²) in [4.78, 5) is 26.4. The maximum Gasteiger partial charge on any atom is 0.254 e. The van der Waals surface area contributed by atoms with Crippen molar-refractivity contribution in [2.75, 3.05) is 20.2 Å². The first-order valence-corrected chi connectivity index (χ1v) is 8.47.